The maximum atomic E-state index is 12.0. The molecule has 1 aliphatic rings. The number of likely N-dealkylation sites (tertiary alicyclic amines) is 1. The Labute approximate surface area is 98.0 Å². The summed E-state index contributed by atoms with van der Waals surface area (Å²) in [5.74, 6) is 0.190. The van der Waals surface area contributed by atoms with E-state index in [1.807, 2.05) is 18.7 Å². The van der Waals surface area contributed by atoms with Gasteiger partial charge in [-0.15, -0.1) is 0 Å². The number of carbonyl (C=O) groups excluding carboxylic acids is 1. The SMILES string of the molecule is CCCNC1CCN(CC(C)(C)CO)C1=O. The third-order valence-electron chi connectivity index (χ3n) is 2.99. The molecule has 1 heterocycles. The molecule has 1 saturated heterocycles. The first-order chi connectivity index (χ1) is 7.50. The summed E-state index contributed by atoms with van der Waals surface area (Å²) in [5, 5.41) is 12.5. The maximum absolute atomic E-state index is 12.0. The van der Waals surface area contributed by atoms with Gasteiger partial charge in [0, 0.05) is 25.1 Å². The monoisotopic (exact) mass is 228 g/mol. The van der Waals surface area contributed by atoms with Crippen molar-refractivity contribution < 1.29 is 9.90 Å². The normalized spacial score (nSPS) is 21.9. The van der Waals surface area contributed by atoms with Crippen LogP contribution in [0.25, 0.3) is 0 Å². The fourth-order valence-electron chi connectivity index (χ4n) is 1.97. The van der Waals surface area contributed by atoms with Crippen molar-refractivity contribution >= 4 is 5.91 Å². The van der Waals surface area contributed by atoms with Crippen LogP contribution in [0.2, 0.25) is 0 Å². The minimum absolute atomic E-state index is 0.00515. The number of nitrogens with one attached hydrogen (secondary N) is 1. The summed E-state index contributed by atoms with van der Waals surface area (Å²) in [5.41, 5.74) is -0.199. The minimum Gasteiger partial charge on any atom is -0.396 e. The number of hydrogen-bond acceptors (Lipinski definition) is 3. The number of aliphatic hydroxyl groups excluding tert-OH is 1. The van der Waals surface area contributed by atoms with Crippen molar-refractivity contribution in [3.8, 4) is 0 Å². The molecule has 0 aliphatic carbocycles. The fraction of sp³-hybridized carbons (Fsp3) is 0.917. The molecule has 1 fully saturated rings. The first-order valence-electron chi connectivity index (χ1n) is 6.13. The van der Waals surface area contributed by atoms with Crippen molar-refractivity contribution in [1.82, 2.24) is 10.2 Å². The van der Waals surface area contributed by atoms with Gasteiger partial charge in [0.05, 0.1) is 6.04 Å². The predicted molar refractivity (Wildman–Crippen MR) is 64.1 cm³/mol. The number of hydrogen-bond donors (Lipinski definition) is 2. The average Bonchev–Trinajstić information content (AvgIpc) is 2.57. The Balaban J connectivity index is 2.44. The molecule has 1 aliphatic heterocycles. The smallest absolute Gasteiger partial charge is 0.239 e. The highest BCUT2D eigenvalue weighted by Gasteiger charge is 2.34. The summed E-state index contributed by atoms with van der Waals surface area (Å²) in [6.45, 7) is 8.52. The topological polar surface area (TPSA) is 52.6 Å². The van der Waals surface area contributed by atoms with Gasteiger partial charge in [0.2, 0.25) is 5.91 Å². The molecule has 0 saturated carbocycles. The second-order valence-corrected chi connectivity index (χ2v) is 5.38. The summed E-state index contributed by atoms with van der Waals surface area (Å²) in [4.78, 5) is 13.9. The highest BCUT2D eigenvalue weighted by atomic mass is 16.3. The van der Waals surface area contributed by atoms with Gasteiger partial charge < -0.3 is 15.3 Å². The molecule has 16 heavy (non-hydrogen) atoms. The standard InChI is InChI=1S/C12H24N2O2/c1-4-6-13-10-5-7-14(11(10)16)8-12(2,3)9-15/h10,13,15H,4-9H2,1-3H3. The van der Waals surface area contributed by atoms with Crippen molar-refractivity contribution in [2.75, 3.05) is 26.2 Å². The molecule has 4 nitrogen and oxygen atoms in total. The molecule has 94 valence electrons. The molecule has 0 spiro atoms. The first kappa shape index (κ1) is 13.5. The van der Waals surface area contributed by atoms with Crippen LogP contribution in [0.3, 0.4) is 0 Å². The Bertz CT molecular complexity index is 241. The maximum Gasteiger partial charge on any atom is 0.239 e. The van der Waals surface area contributed by atoms with Gasteiger partial charge >= 0.3 is 0 Å². The summed E-state index contributed by atoms with van der Waals surface area (Å²) >= 11 is 0. The van der Waals surface area contributed by atoms with Crippen LogP contribution in [0.4, 0.5) is 0 Å². The number of nitrogens with zero attached hydrogens (tertiary/aromatic N) is 1. The molecule has 0 aromatic rings. The van der Waals surface area contributed by atoms with Gasteiger partial charge in [-0.25, -0.2) is 0 Å². The van der Waals surface area contributed by atoms with Crippen LogP contribution < -0.4 is 5.32 Å². The second-order valence-electron chi connectivity index (χ2n) is 5.38. The zero-order chi connectivity index (χ0) is 12.2. The van der Waals surface area contributed by atoms with Crippen LogP contribution in [-0.2, 0) is 4.79 Å². The molecule has 1 amide bonds. The molecule has 1 unspecified atom stereocenters. The number of aliphatic hydroxyl groups is 1. The lowest BCUT2D eigenvalue weighted by Crippen LogP contribution is -2.42. The van der Waals surface area contributed by atoms with E-state index in [1.165, 1.54) is 0 Å². The highest BCUT2D eigenvalue weighted by Crippen LogP contribution is 2.20. The van der Waals surface area contributed by atoms with E-state index in [2.05, 4.69) is 12.2 Å². The van der Waals surface area contributed by atoms with Crippen molar-refractivity contribution in [1.29, 1.82) is 0 Å². The van der Waals surface area contributed by atoms with E-state index in [9.17, 15) is 9.90 Å². The van der Waals surface area contributed by atoms with E-state index in [0.29, 0.717) is 6.54 Å². The van der Waals surface area contributed by atoms with Crippen molar-refractivity contribution in [3.63, 3.8) is 0 Å². The zero-order valence-electron chi connectivity index (χ0n) is 10.6. The third-order valence-corrected chi connectivity index (χ3v) is 2.99. The van der Waals surface area contributed by atoms with E-state index in [0.717, 1.165) is 25.9 Å². The van der Waals surface area contributed by atoms with E-state index < -0.39 is 0 Å². The van der Waals surface area contributed by atoms with Crippen LogP contribution >= 0.6 is 0 Å². The Morgan fingerprint density at radius 1 is 1.56 bits per heavy atom. The molecule has 0 bridgehead atoms. The lowest BCUT2D eigenvalue weighted by atomic mass is 9.94. The molecule has 1 atom stereocenters. The summed E-state index contributed by atoms with van der Waals surface area (Å²) < 4.78 is 0. The van der Waals surface area contributed by atoms with Crippen LogP contribution in [-0.4, -0.2) is 48.2 Å². The van der Waals surface area contributed by atoms with Gasteiger partial charge in [0.25, 0.3) is 0 Å². The Hall–Kier alpha value is -0.610. The quantitative estimate of drug-likeness (QED) is 0.700. The molecule has 0 aromatic carbocycles. The lowest BCUT2D eigenvalue weighted by Gasteiger charge is -2.28. The largest absolute Gasteiger partial charge is 0.396 e. The fourth-order valence-corrected chi connectivity index (χ4v) is 1.97. The molecule has 0 radical (unpaired) electrons. The highest BCUT2D eigenvalue weighted by molar-refractivity contribution is 5.84. The van der Waals surface area contributed by atoms with Crippen LogP contribution in [0.1, 0.15) is 33.6 Å². The van der Waals surface area contributed by atoms with Crippen LogP contribution in [0.5, 0.6) is 0 Å². The van der Waals surface area contributed by atoms with Crippen molar-refractivity contribution in [2.24, 2.45) is 5.41 Å². The third kappa shape index (κ3) is 3.46. The molecule has 2 N–H and O–H groups in total. The van der Waals surface area contributed by atoms with E-state index in [4.69, 9.17) is 0 Å². The van der Waals surface area contributed by atoms with E-state index in [1.54, 1.807) is 0 Å². The van der Waals surface area contributed by atoms with Crippen LogP contribution in [0, 0.1) is 5.41 Å². The summed E-state index contributed by atoms with van der Waals surface area (Å²) in [7, 11) is 0. The molecular formula is C12H24N2O2. The molecule has 4 heteroatoms. The summed E-state index contributed by atoms with van der Waals surface area (Å²) in [6, 6.07) is -0.00515. The number of carbonyl (C=O) groups is 1. The number of rotatable bonds is 6. The van der Waals surface area contributed by atoms with E-state index in [-0.39, 0.29) is 24.0 Å². The predicted octanol–water partition coefficient (Wildman–Crippen LogP) is 0.605. The molecule has 1 rings (SSSR count). The molecular weight excluding hydrogens is 204 g/mol. The van der Waals surface area contributed by atoms with Gasteiger partial charge in [-0.3, -0.25) is 4.79 Å². The van der Waals surface area contributed by atoms with Crippen LogP contribution in [0.15, 0.2) is 0 Å². The van der Waals surface area contributed by atoms with Gasteiger partial charge in [-0.2, -0.15) is 0 Å². The van der Waals surface area contributed by atoms with Gasteiger partial charge in [0.15, 0.2) is 0 Å². The van der Waals surface area contributed by atoms with Crippen molar-refractivity contribution in [2.45, 2.75) is 39.7 Å². The lowest BCUT2D eigenvalue weighted by molar-refractivity contribution is -0.130. The van der Waals surface area contributed by atoms with Crippen molar-refractivity contribution in [3.05, 3.63) is 0 Å². The van der Waals surface area contributed by atoms with Gasteiger partial charge in [-0.05, 0) is 19.4 Å². The van der Waals surface area contributed by atoms with Gasteiger partial charge in [0.1, 0.15) is 0 Å². The Morgan fingerprint density at radius 3 is 2.81 bits per heavy atom. The Morgan fingerprint density at radius 2 is 2.25 bits per heavy atom. The van der Waals surface area contributed by atoms with Gasteiger partial charge in [-0.1, -0.05) is 20.8 Å². The average molecular weight is 228 g/mol. The second kappa shape index (κ2) is 5.64. The summed E-state index contributed by atoms with van der Waals surface area (Å²) in [6.07, 6.45) is 1.94. The first-order valence-corrected chi connectivity index (χ1v) is 6.13. The Kier molecular flexibility index (Phi) is 4.74. The van der Waals surface area contributed by atoms with E-state index >= 15 is 0 Å². The minimum atomic E-state index is -0.199. The number of amides is 1. The zero-order valence-corrected chi connectivity index (χ0v) is 10.6. The molecule has 0 aromatic heterocycles.